The van der Waals surface area contributed by atoms with Crippen LogP contribution in [-0.2, 0) is 9.59 Å². The summed E-state index contributed by atoms with van der Waals surface area (Å²) in [6.45, 7) is 11.7. The number of hydrogen-bond donors (Lipinski definition) is 1. The Morgan fingerprint density at radius 3 is 2.30 bits per heavy atom. The van der Waals surface area contributed by atoms with E-state index in [1.54, 1.807) is 6.20 Å². The third kappa shape index (κ3) is 4.18. The summed E-state index contributed by atoms with van der Waals surface area (Å²) >= 11 is 0. The number of nitrogens with one attached hydrogen (secondary N) is 1. The molecule has 1 aromatic heterocycles. The van der Waals surface area contributed by atoms with E-state index in [0.29, 0.717) is 0 Å². The predicted molar refractivity (Wildman–Crippen MR) is 90.9 cm³/mol. The van der Waals surface area contributed by atoms with Gasteiger partial charge in [0.15, 0.2) is 5.78 Å². The van der Waals surface area contributed by atoms with Gasteiger partial charge in [-0.05, 0) is 24.0 Å². The fourth-order valence-electron chi connectivity index (χ4n) is 2.76. The lowest BCUT2D eigenvalue weighted by atomic mass is 9.75. The zero-order valence-electron chi connectivity index (χ0n) is 15.0. The predicted octanol–water partition coefficient (Wildman–Crippen LogP) is 3.33. The van der Waals surface area contributed by atoms with Crippen molar-refractivity contribution < 1.29 is 9.59 Å². The van der Waals surface area contributed by atoms with Crippen molar-refractivity contribution in [2.75, 3.05) is 0 Å². The number of amides is 1. The lowest BCUT2D eigenvalue weighted by Crippen LogP contribution is -2.53. The normalized spacial score (nSPS) is 22.3. The van der Waals surface area contributed by atoms with Crippen molar-refractivity contribution in [1.82, 2.24) is 10.3 Å². The second-order valence-corrected chi connectivity index (χ2v) is 8.63. The van der Waals surface area contributed by atoms with Crippen LogP contribution in [0.3, 0.4) is 0 Å². The van der Waals surface area contributed by atoms with Gasteiger partial charge in [-0.2, -0.15) is 0 Å². The summed E-state index contributed by atoms with van der Waals surface area (Å²) in [5.41, 5.74) is 0.173. The van der Waals surface area contributed by atoms with Crippen LogP contribution in [0.1, 0.15) is 59.6 Å². The van der Waals surface area contributed by atoms with Gasteiger partial charge in [0.05, 0.1) is 6.04 Å². The maximum atomic E-state index is 12.7. The van der Waals surface area contributed by atoms with Crippen LogP contribution >= 0.6 is 0 Å². The highest BCUT2D eigenvalue weighted by Crippen LogP contribution is 2.47. The number of nitrogens with zero attached hydrogens (tertiary/aromatic N) is 1. The number of Topliss-reactive ketones (excluding diaryl/α,β-unsaturated/α-hetero) is 1. The van der Waals surface area contributed by atoms with Crippen LogP contribution in [0.25, 0.3) is 0 Å². The molecule has 1 aromatic rings. The molecule has 0 spiro atoms. The Morgan fingerprint density at radius 2 is 1.83 bits per heavy atom. The Labute approximate surface area is 139 Å². The highest BCUT2D eigenvalue weighted by atomic mass is 16.2. The van der Waals surface area contributed by atoms with E-state index in [9.17, 15) is 9.59 Å². The van der Waals surface area contributed by atoms with E-state index in [-0.39, 0.29) is 28.9 Å². The maximum Gasteiger partial charge on any atom is 0.224 e. The average molecular weight is 316 g/mol. The third-order valence-corrected chi connectivity index (χ3v) is 4.35. The van der Waals surface area contributed by atoms with Gasteiger partial charge in [0.2, 0.25) is 5.91 Å². The van der Waals surface area contributed by atoms with Crippen LogP contribution in [-0.4, -0.2) is 22.7 Å². The highest BCUT2D eigenvalue weighted by Gasteiger charge is 2.47. The summed E-state index contributed by atoms with van der Waals surface area (Å²) in [4.78, 5) is 29.6. The first kappa shape index (κ1) is 17.6. The molecule has 2 unspecified atom stereocenters. The van der Waals surface area contributed by atoms with Crippen molar-refractivity contribution >= 4 is 11.7 Å². The number of carbonyl (C=O) groups excluding carboxylic acids is 2. The van der Waals surface area contributed by atoms with Crippen LogP contribution in [0.5, 0.6) is 0 Å². The molecule has 126 valence electrons. The molecule has 0 saturated heterocycles. The van der Waals surface area contributed by atoms with Gasteiger partial charge in [0, 0.05) is 29.1 Å². The molecule has 1 N–H and O–H groups in total. The van der Waals surface area contributed by atoms with E-state index in [1.165, 1.54) is 0 Å². The number of rotatable bonds is 4. The summed E-state index contributed by atoms with van der Waals surface area (Å²) < 4.78 is 0. The van der Waals surface area contributed by atoms with Crippen LogP contribution in [0.4, 0.5) is 0 Å². The quantitative estimate of drug-likeness (QED) is 0.927. The van der Waals surface area contributed by atoms with Gasteiger partial charge in [-0.1, -0.05) is 47.6 Å². The SMILES string of the molecule is CC(C)(C)C(=O)[C@@H](NC(=O)C1CC1c1ccccn1)C(C)(C)C. The van der Waals surface area contributed by atoms with E-state index in [4.69, 9.17) is 0 Å². The lowest BCUT2D eigenvalue weighted by molar-refractivity contribution is -0.135. The molecule has 1 aliphatic rings. The van der Waals surface area contributed by atoms with Crippen molar-refractivity contribution in [2.24, 2.45) is 16.7 Å². The standard InChI is InChI=1S/C19H28N2O2/c1-18(2,3)15(16(22)19(4,5)6)21-17(23)13-11-12(13)14-9-7-8-10-20-14/h7-10,12-13,15H,11H2,1-6H3,(H,21,23)/t12?,13?,15-/m1/s1. The van der Waals surface area contributed by atoms with Crippen molar-refractivity contribution in [3.8, 4) is 0 Å². The molecular weight excluding hydrogens is 288 g/mol. The summed E-state index contributed by atoms with van der Waals surface area (Å²) in [5, 5.41) is 3.01. The number of ketones is 1. The summed E-state index contributed by atoms with van der Waals surface area (Å²) in [6, 6.07) is 5.30. The Kier molecular flexibility index (Phi) is 4.65. The van der Waals surface area contributed by atoms with Crippen LogP contribution in [0.2, 0.25) is 0 Å². The minimum absolute atomic E-state index is 0.0295. The molecule has 0 bridgehead atoms. The van der Waals surface area contributed by atoms with E-state index >= 15 is 0 Å². The molecule has 1 amide bonds. The summed E-state index contributed by atoms with van der Waals surface area (Å²) in [7, 11) is 0. The van der Waals surface area contributed by atoms with Crippen molar-refractivity contribution in [3.63, 3.8) is 0 Å². The Balaban J connectivity index is 2.07. The molecule has 2 rings (SSSR count). The van der Waals surface area contributed by atoms with Crippen molar-refractivity contribution in [3.05, 3.63) is 30.1 Å². The fourth-order valence-corrected chi connectivity index (χ4v) is 2.76. The van der Waals surface area contributed by atoms with Gasteiger partial charge in [-0.25, -0.2) is 0 Å². The van der Waals surface area contributed by atoms with Crippen LogP contribution < -0.4 is 5.32 Å². The summed E-state index contributed by atoms with van der Waals surface area (Å²) in [5.74, 6) is 0.163. The monoisotopic (exact) mass is 316 g/mol. The molecule has 0 aromatic carbocycles. The van der Waals surface area contributed by atoms with Gasteiger partial charge < -0.3 is 5.32 Å². The smallest absolute Gasteiger partial charge is 0.224 e. The molecule has 0 aliphatic heterocycles. The molecule has 23 heavy (non-hydrogen) atoms. The largest absolute Gasteiger partial charge is 0.345 e. The van der Waals surface area contributed by atoms with Gasteiger partial charge in [0.1, 0.15) is 0 Å². The van der Waals surface area contributed by atoms with E-state index < -0.39 is 11.5 Å². The average Bonchev–Trinajstić information content (AvgIpc) is 3.23. The van der Waals surface area contributed by atoms with Crippen molar-refractivity contribution in [2.45, 2.75) is 59.9 Å². The minimum Gasteiger partial charge on any atom is -0.345 e. The molecule has 0 radical (unpaired) electrons. The first-order chi connectivity index (χ1) is 10.5. The van der Waals surface area contributed by atoms with Gasteiger partial charge in [-0.3, -0.25) is 14.6 Å². The fraction of sp³-hybridized carbons (Fsp3) is 0.632. The summed E-state index contributed by atoms with van der Waals surface area (Å²) in [6.07, 6.45) is 2.56. The van der Waals surface area contributed by atoms with Gasteiger partial charge >= 0.3 is 0 Å². The molecule has 4 heteroatoms. The van der Waals surface area contributed by atoms with E-state index in [1.807, 2.05) is 59.7 Å². The zero-order chi connectivity index (χ0) is 17.4. The number of carbonyl (C=O) groups is 2. The van der Waals surface area contributed by atoms with Gasteiger partial charge in [-0.15, -0.1) is 0 Å². The molecule has 4 nitrogen and oxygen atoms in total. The van der Waals surface area contributed by atoms with E-state index in [2.05, 4.69) is 10.3 Å². The molecule has 1 fully saturated rings. The molecule has 1 heterocycles. The topological polar surface area (TPSA) is 59.1 Å². The zero-order valence-corrected chi connectivity index (χ0v) is 15.0. The first-order valence-corrected chi connectivity index (χ1v) is 8.27. The molecule has 1 saturated carbocycles. The number of hydrogen-bond acceptors (Lipinski definition) is 3. The molecule has 1 aliphatic carbocycles. The van der Waals surface area contributed by atoms with Crippen LogP contribution in [0, 0.1) is 16.7 Å². The number of aromatic nitrogens is 1. The highest BCUT2D eigenvalue weighted by molar-refractivity contribution is 5.94. The second kappa shape index (κ2) is 6.06. The Bertz CT molecular complexity index is 582. The van der Waals surface area contributed by atoms with Gasteiger partial charge in [0.25, 0.3) is 0 Å². The number of pyridine rings is 1. The maximum absolute atomic E-state index is 12.7. The Hall–Kier alpha value is -1.71. The Morgan fingerprint density at radius 1 is 1.17 bits per heavy atom. The third-order valence-electron chi connectivity index (χ3n) is 4.35. The van der Waals surface area contributed by atoms with Crippen LogP contribution in [0.15, 0.2) is 24.4 Å². The van der Waals surface area contributed by atoms with E-state index in [0.717, 1.165) is 12.1 Å². The first-order valence-electron chi connectivity index (χ1n) is 8.27. The minimum atomic E-state index is -0.477. The molecule has 3 atom stereocenters. The lowest BCUT2D eigenvalue weighted by Gasteiger charge is -2.34. The van der Waals surface area contributed by atoms with Crippen molar-refractivity contribution in [1.29, 1.82) is 0 Å². The second-order valence-electron chi connectivity index (χ2n) is 8.63. The molecular formula is C19H28N2O2.